The minimum absolute atomic E-state index is 0.173. The third-order valence-electron chi connectivity index (χ3n) is 4.40. The predicted molar refractivity (Wildman–Crippen MR) is 98.4 cm³/mol. The molecule has 2 N–H and O–H groups in total. The van der Waals surface area contributed by atoms with Gasteiger partial charge in [0.1, 0.15) is 10.7 Å². The zero-order chi connectivity index (χ0) is 16.8. The van der Waals surface area contributed by atoms with Gasteiger partial charge in [0.25, 0.3) is 0 Å². The van der Waals surface area contributed by atoms with Crippen LogP contribution in [0.2, 0.25) is 0 Å². The van der Waals surface area contributed by atoms with Crippen molar-refractivity contribution in [2.75, 3.05) is 6.54 Å². The average molecular weight is 406 g/mol. The van der Waals surface area contributed by atoms with E-state index < -0.39 is 6.09 Å². The Morgan fingerprint density at radius 3 is 2.83 bits per heavy atom. The van der Waals surface area contributed by atoms with E-state index in [1.54, 1.807) is 11.3 Å². The lowest BCUT2D eigenvalue weighted by Crippen LogP contribution is -2.29. The Bertz CT molecular complexity index is 871. The van der Waals surface area contributed by atoms with Gasteiger partial charge in [-0.2, -0.15) is 0 Å². The number of carbonyl (C=O) groups is 1. The normalized spacial score (nSPS) is 20.8. The van der Waals surface area contributed by atoms with Gasteiger partial charge in [-0.3, -0.25) is 4.90 Å². The van der Waals surface area contributed by atoms with Gasteiger partial charge in [-0.15, -0.1) is 11.3 Å². The van der Waals surface area contributed by atoms with Gasteiger partial charge in [0.05, 0.1) is 11.6 Å². The SMILES string of the molecule is CC1CC(c2nc3sc(-c4ccc(Br)cc4)cc3[nH]2)N(C(=O)O)C1. The standard InChI is InChI=1S/C17H16BrN3O2S/c1-9-6-13(21(8-9)17(22)23)15-19-12-7-14(24-16(12)20-15)10-2-4-11(18)5-3-10/h2-5,7,9,13H,6,8H2,1H3,(H,19,20)(H,22,23). The maximum atomic E-state index is 11.4. The van der Waals surface area contributed by atoms with Gasteiger partial charge in [-0.25, -0.2) is 9.78 Å². The van der Waals surface area contributed by atoms with Crippen molar-refractivity contribution in [3.63, 3.8) is 0 Å². The van der Waals surface area contributed by atoms with Crippen molar-refractivity contribution in [2.45, 2.75) is 19.4 Å². The van der Waals surface area contributed by atoms with E-state index in [-0.39, 0.29) is 6.04 Å². The first-order chi connectivity index (χ1) is 11.5. The summed E-state index contributed by atoms with van der Waals surface area (Å²) in [5.74, 6) is 1.11. The number of halogens is 1. The van der Waals surface area contributed by atoms with Crippen LogP contribution >= 0.6 is 27.3 Å². The molecule has 24 heavy (non-hydrogen) atoms. The Morgan fingerprint density at radius 2 is 2.17 bits per heavy atom. The Morgan fingerprint density at radius 1 is 1.42 bits per heavy atom. The van der Waals surface area contributed by atoms with Crippen LogP contribution in [0.25, 0.3) is 20.8 Å². The summed E-state index contributed by atoms with van der Waals surface area (Å²) in [5.41, 5.74) is 2.12. The molecule has 5 nitrogen and oxygen atoms in total. The zero-order valence-electron chi connectivity index (χ0n) is 13.0. The maximum Gasteiger partial charge on any atom is 0.407 e. The molecule has 0 radical (unpaired) electrons. The molecule has 3 aromatic rings. The minimum atomic E-state index is -0.875. The summed E-state index contributed by atoms with van der Waals surface area (Å²) in [6.07, 6.45) is -0.0632. The van der Waals surface area contributed by atoms with Crippen LogP contribution in [0.15, 0.2) is 34.8 Å². The molecule has 2 atom stereocenters. The second kappa shape index (κ2) is 5.89. The van der Waals surface area contributed by atoms with Gasteiger partial charge >= 0.3 is 6.09 Å². The van der Waals surface area contributed by atoms with Gasteiger partial charge in [0, 0.05) is 15.9 Å². The number of carboxylic acid groups (broad SMARTS) is 1. The summed E-state index contributed by atoms with van der Waals surface area (Å²) in [5, 5.41) is 9.39. The van der Waals surface area contributed by atoms with Gasteiger partial charge in [0.2, 0.25) is 0 Å². The number of nitrogens with zero attached hydrogens (tertiary/aromatic N) is 2. The molecule has 0 spiro atoms. The lowest BCUT2D eigenvalue weighted by atomic mass is 10.1. The summed E-state index contributed by atoms with van der Waals surface area (Å²) in [7, 11) is 0. The van der Waals surface area contributed by atoms with Gasteiger partial charge < -0.3 is 10.1 Å². The second-order valence-electron chi connectivity index (χ2n) is 6.25. The number of fused-ring (bicyclic) bond motifs is 1. The number of aromatic nitrogens is 2. The number of hydrogen-bond donors (Lipinski definition) is 2. The Hall–Kier alpha value is -1.86. The van der Waals surface area contributed by atoms with E-state index in [1.165, 1.54) is 4.90 Å². The molecule has 1 aromatic carbocycles. The van der Waals surface area contributed by atoms with E-state index in [9.17, 15) is 9.90 Å². The molecule has 4 rings (SSSR count). The highest BCUT2D eigenvalue weighted by molar-refractivity contribution is 9.10. The molecule has 1 aliphatic rings. The summed E-state index contributed by atoms with van der Waals surface area (Å²) >= 11 is 5.07. The van der Waals surface area contributed by atoms with Crippen LogP contribution in [-0.2, 0) is 0 Å². The first-order valence-corrected chi connectivity index (χ1v) is 9.37. The van der Waals surface area contributed by atoms with Gasteiger partial charge in [-0.05, 0) is 36.1 Å². The third kappa shape index (κ3) is 2.71. The number of aromatic amines is 1. The molecule has 2 aromatic heterocycles. The molecule has 0 saturated carbocycles. The van der Waals surface area contributed by atoms with Crippen LogP contribution < -0.4 is 0 Å². The number of nitrogens with one attached hydrogen (secondary N) is 1. The number of benzene rings is 1. The first kappa shape index (κ1) is 15.7. The number of imidazole rings is 1. The summed E-state index contributed by atoms with van der Waals surface area (Å²) in [4.78, 5) is 23.0. The number of thiophene rings is 1. The fourth-order valence-electron chi connectivity index (χ4n) is 3.26. The van der Waals surface area contributed by atoms with E-state index in [0.717, 1.165) is 37.5 Å². The van der Waals surface area contributed by atoms with E-state index in [0.29, 0.717) is 12.5 Å². The fraction of sp³-hybridized carbons (Fsp3) is 0.294. The van der Waals surface area contributed by atoms with Crippen molar-refractivity contribution in [1.82, 2.24) is 14.9 Å². The molecular formula is C17H16BrN3O2S. The highest BCUT2D eigenvalue weighted by Gasteiger charge is 2.36. The van der Waals surface area contributed by atoms with Crippen molar-refractivity contribution in [1.29, 1.82) is 0 Å². The largest absolute Gasteiger partial charge is 0.465 e. The highest BCUT2D eigenvalue weighted by Crippen LogP contribution is 2.38. The Kier molecular flexibility index (Phi) is 3.85. The molecule has 1 saturated heterocycles. The van der Waals surface area contributed by atoms with Crippen molar-refractivity contribution in [3.8, 4) is 10.4 Å². The van der Waals surface area contributed by atoms with Crippen molar-refractivity contribution >= 4 is 43.7 Å². The number of H-pyrrole nitrogens is 1. The molecule has 7 heteroatoms. The molecule has 0 aliphatic carbocycles. The number of hydrogen-bond acceptors (Lipinski definition) is 3. The minimum Gasteiger partial charge on any atom is -0.465 e. The molecular weight excluding hydrogens is 390 g/mol. The van der Waals surface area contributed by atoms with E-state index in [1.807, 2.05) is 12.1 Å². The number of likely N-dealkylation sites (tertiary alicyclic amines) is 1. The smallest absolute Gasteiger partial charge is 0.407 e. The molecule has 0 bridgehead atoms. The van der Waals surface area contributed by atoms with Crippen molar-refractivity contribution in [3.05, 3.63) is 40.6 Å². The maximum absolute atomic E-state index is 11.4. The lowest BCUT2D eigenvalue weighted by molar-refractivity contribution is 0.138. The fourth-order valence-corrected chi connectivity index (χ4v) is 4.53. The van der Waals surface area contributed by atoms with Crippen LogP contribution in [0.5, 0.6) is 0 Å². The highest BCUT2D eigenvalue weighted by atomic mass is 79.9. The monoisotopic (exact) mass is 405 g/mol. The molecule has 3 heterocycles. The van der Waals surface area contributed by atoms with Gasteiger partial charge in [-0.1, -0.05) is 35.0 Å². The van der Waals surface area contributed by atoms with Crippen LogP contribution in [0.1, 0.15) is 25.2 Å². The van der Waals surface area contributed by atoms with E-state index in [2.05, 4.69) is 51.0 Å². The first-order valence-electron chi connectivity index (χ1n) is 7.76. The molecule has 1 aliphatic heterocycles. The Labute approximate surface area is 151 Å². The molecule has 1 fully saturated rings. The van der Waals surface area contributed by atoms with Crippen LogP contribution in [0.3, 0.4) is 0 Å². The number of amides is 1. The van der Waals surface area contributed by atoms with Gasteiger partial charge in [0.15, 0.2) is 0 Å². The summed E-state index contributed by atoms with van der Waals surface area (Å²) in [6.45, 7) is 2.64. The number of rotatable bonds is 2. The quantitative estimate of drug-likeness (QED) is 0.621. The van der Waals surface area contributed by atoms with Crippen molar-refractivity contribution < 1.29 is 9.90 Å². The average Bonchev–Trinajstić information content (AvgIpc) is 3.19. The van der Waals surface area contributed by atoms with Crippen molar-refractivity contribution in [2.24, 2.45) is 5.92 Å². The van der Waals surface area contributed by atoms with Crippen LogP contribution in [0.4, 0.5) is 4.79 Å². The van der Waals surface area contributed by atoms with E-state index in [4.69, 9.17) is 0 Å². The zero-order valence-corrected chi connectivity index (χ0v) is 15.4. The lowest BCUT2D eigenvalue weighted by Gasteiger charge is -2.19. The summed E-state index contributed by atoms with van der Waals surface area (Å²) in [6, 6.07) is 10.1. The summed E-state index contributed by atoms with van der Waals surface area (Å²) < 4.78 is 1.05. The second-order valence-corrected chi connectivity index (χ2v) is 8.20. The Balaban J connectivity index is 1.66. The third-order valence-corrected chi connectivity index (χ3v) is 6.00. The van der Waals surface area contributed by atoms with E-state index >= 15 is 0 Å². The topological polar surface area (TPSA) is 69.2 Å². The van der Waals surface area contributed by atoms with Crippen LogP contribution in [0, 0.1) is 5.92 Å². The molecule has 2 unspecified atom stereocenters. The molecule has 124 valence electrons. The predicted octanol–water partition coefficient (Wildman–Crippen LogP) is 5.11. The van der Waals surface area contributed by atoms with Crippen LogP contribution in [-0.4, -0.2) is 32.6 Å². The molecule has 1 amide bonds.